The van der Waals surface area contributed by atoms with Crippen LogP contribution in [0.15, 0.2) is 12.1 Å². The number of pyridine rings is 1. The van der Waals surface area contributed by atoms with E-state index in [2.05, 4.69) is 15.0 Å². The van der Waals surface area contributed by atoms with Crippen LogP contribution in [0, 0.1) is 0 Å². The highest BCUT2D eigenvalue weighted by Gasteiger charge is 2.04. The molecule has 6 nitrogen and oxygen atoms in total. The van der Waals surface area contributed by atoms with Crippen molar-refractivity contribution in [1.29, 1.82) is 0 Å². The number of methoxy groups -OCH3 is 1. The van der Waals surface area contributed by atoms with Gasteiger partial charge in [-0.3, -0.25) is 4.79 Å². The quantitative estimate of drug-likeness (QED) is 0.721. The molecule has 0 bridgehead atoms. The van der Waals surface area contributed by atoms with E-state index in [1.807, 2.05) is 6.92 Å². The van der Waals surface area contributed by atoms with Crippen LogP contribution in [0.5, 0.6) is 5.88 Å². The maximum atomic E-state index is 10.9. The molecule has 1 rings (SSSR count). The lowest BCUT2D eigenvalue weighted by Crippen LogP contribution is -2.11. The molecule has 3 N–H and O–H groups in total. The third kappa shape index (κ3) is 4.18. The van der Waals surface area contributed by atoms with E-state index in [4.69, 9.17) is 10.5 Å². The topological polar surface area (TPSA) is 86.5 Å². The number of nitrogen functional groups attached to an aromatic ring is 1. The SMILES string of the molecule is CCOc1nc(NCCC(=O)OC)ccc1N. The van der Waals surface area contributed by atoms with Gasteiger partial charge in [-0.05, 0) is 19.1 Å². The second kappa shape index (κ2) is 6.57. The van der Waals surface area contributed by atoms with Gasteiger partial charge in [-0.15, -0.1) is 0 Å². The van der Waals surface area contributed by atoms with Crippen LogP contribution in [0.3, 0.4) is 0 Å². The first kappa shape index (κ1) is 13.1. The fourth-order valence-corrected chi connectivity index (χ4v) is 1.20. The van der Waals surface area contributed by atoms with Gasteiger partial charge in [0.15, 0.2) is 0 Å². The number of nitrogens with two attached hydrogens (primary N) is 1. The van der Waals surface area contributed by atoms with Crippen molar-refractivity contribution in [3.63, 3.8) is 0 Å². The van der Waals surface area contributed by atoms with E-state index >= 15 is 0 Å². The van der Waals surface area contributed by atoms with Crippen LogP contribution in [0.1, 0.15) is 13.3 Å². The van der Waals surface area contributed by atoms with Crippen LogP contribution in [-0.4, -0.2) is 31.2 Å². The summed E-state index contributed by atoms with van der Waals surface area (Å²) in [5.74, 6) is 0.750. The molecule has 17 heavy (non-hydrogen) atoms. The van der Waals surface area contributed by atoms with Crippen LogP contribution in [0.4, 0.5) is 11.5 Å². The second-order valence-electron chi connectivity index (χ2n) is 3.28. The zero-order valence-corrected chi connectivity index (χ0v) is 10.0. The number of carbonyl (C=O) groups excluding carboxylic acids is 1. The zero-order valence-electron chi connectivity index (χ0n) is 10.0. The number of hydrogen-bond donors (Lipinski definition) is 2. The summed E-state index contributed by atoms with van der Waals surface area (Å²) in [5.41, 5.74) is 6.18. The summed E-state index contributed by atoms with van der Waals surface area (Å²) in [5, 5.41) is 2.99. The van der Waals surface area contributed by atoms with E-state index in [1.54, 1.807) is 12.1 Å². The summed E-state index contributed by atoms with van der Waals surface area (Å²) in [4.78, 5) is 15.1. The fourth-order valence-electron chi connectivity index (χ4n) is 1.20. The molecule has 0 radical (unpaired) electrons. The summed E-state index contributed by atoms with van der Waals surface area (Å²) < 4.78 is 9.78. The molecule has 0 spiro atoms. The number of esters is 1. The molecule has 0 saturated heterocycles. The second-order valence-corrected chi connectivity index (χ2v) is 3.28. The smallest absolute Gasteiger partial charge is 0.307 e. The molecule has 0 aromatic carbocycles. The number of nitrogens with zero attached hydrogens (tertiary/aromatic N) is 1. The van der Waals surface area contributed by atoms with E-state index in [0.29, 0.717) is 30.5 Å². The molecule has 0 atom stereocenters. The minimum atomic E-state index is -0.266. The van der Waals surface area contributed by atoms with Crippen LogP contribution in [0.25, 0.3) is 0 Å². The highest BCUT2D eigenvalue weighted by molar-refractivity contribution is 5.69. The van der Waals surface area contributed by atoms with Gasteiger partial charge in [-0.1, -0.05) is 0 Å². The predicted molar refractivity (Wildman–Crippen MR) is 64.9 cm³/mol. The predicted octanol–water partition coefficient (Wildman–Crippen LogP) is 1.04. The van der Waals surface area contributed by atoms with Crippen molar-refractivity contribution < 1.29 is 14.3 Å². The molecule has 1 aromatic heterocycles. The van der Waals surface area contributed by atoms with Crippen molar-refractivity contribution in [2.75, 3.05) is 31.3 Å². The maximum absolute atomic E-state index is 10.9. The molecule has 6 heteroatoms. The number of nitrogens with one attached hydrogen (secondary N) is 1. The number of hydrogen-bond acceptors (Lipinski definition) is 6. The molecule has 0 fully saturated rings. The van der Waals surface area contributed by atoms with Crippen LogP contribution in [0.2, 0.25) is 0 Å². The largest absolute Gasteiger partial charge is 0.476 e. The van der Waals surface area contributed by atoms with Gasteiger partial charge in [0.25, 0.3) is 0 Å². The number of carbonyl (C=O) groups is 1. The van der Waals surface area contributed by atoms with E-state index in [-0.39, 0.29) is 12.4 Å². The Bertz CT molecular complexity index is 382. The molecular weight excluding hydrogens is 222 g/mol. The Morgan fingerprint density at radius 3 is 2.94 bits per heavy atom. The van der Waals surface area contributed by atoms with E-state index < -0.39 is 0 Å². The van der Waals surface area contributed by atoms with Gasteiger partial charge in [-0.2, -0.15) is 4.98 Å². The first-order valence-corrected chi connectivity index (χ1v) is 5.37. The normalized spacial score (nSPS) is 9.76. The Balaban J connectivity index is 2.53. The number of anilines is 2. The van der Waals surface area contributed by atoms with Gasteiger partial charge < -0.3 is 20.5 Å². The molecule has 1 aromatic rings. The first-order valence-electron chi connectivity index (χ1n) is 5.37. The van der Waals surface area contributed by atoms with Gasteiger partial charge in [0.1, 0.15) is 5.82 Å². The summed E-state index contributed by atoms with van der Waals surface area (Å²) >= 11 is 0. The molecule has 0 saturated carbocycles. The lowest BCUT2D eigenvalue weighted by molar-refractivity contribution is -0.140. The van der Waals surface area contributed by atoms with Crippen LogP contribution < -0.4 is 15.8 Å². The Morgan fingerprint density at radius 1 is 1.53 bits per heavy atom. The highest BCUT2D eigenvalue weighted by Crippen LogP contribution is 2.20. The molecule has 1 heterocycles. The van der Waals surface area contributed by atoms with Gasteiger partial charge in [0.05, 0.1) is 25.8 Å². The minimum absolute atomic E-state index is 0.266. The molecule has 0 aliphatic carbocycles. The average Bonchev–Trinajstić information content (AvgIpc) is 2.33. The molecule has 0 aliphatic rings. The summed E-state index contributed by atoms with van der Waals surface area (Å²) in [6.07, 6.45) is 0.284. The Morgan fingerprint density at radius 2 is 2.29 bits per heavy atom. The van der Waals surface area contributed by atoms with Crippen molar-refractivity contribution in [3.8, 4) is 5.88 Å². The van der Waals surface area contributed by atoms with E-state index in [9.17, 15) is 4.79 Å². The van der Waals surface area contributed by atoms with Gasteiger partial charge >= 0.3 is 5.97 Å². The standard InChI is InChI=1S/C11H17N3O3/c1-3-17-11-8(12)4-5-9(14-11)13-7-6-10(15)16-2/h4-5H,3,6-7,12H2,1-2H3,(H,13,14). The molecule has 0 unspecified atom stereocenters. The summed E-state index contributed by atoms with van der Waals surface area (Å²) in [6, 6.07) is 3.44. The molecule has 0 amide bonds. The first-order chi connectivity index (χ1) is 8.17. The molecule has 94 valence electrons. The minimum Gasteiger partial charge on any atom is -0.476 e. The number of rotatable bonds is 6. The van der Waals surface area contributed by atoms with Crippen molar-refractivity contribution in [1.82, 2.24) is 4.98 Å². The highest BCUT2D eigenvalue weighted by atomic mass is 16.5. The van der Waals surface area contributed by atoms with Gasteiger partial charge in [-0.25, -0.2) is 0 Å². The van der Waals surface area contributed by atoms with Gasteiger partial charge in [0, 0.05) is 6.54 Å². The maximum Gasteiger partial charge on any atom is 0.307 e. The fraction of sp³-hybridized carbons (Fsp3) is 0.455. The van der Waals surface area contributed by atoms with Crippen molar-refractivity contribution in [2.24, 2.45) is 0 Å². The summed E-state index contributed by atoms with van der Waals surface area (Å²) in [7, 11) is 1.36. The number of aromatic nitrogens is 1. The van der Waals surface area contributed by atoms with E-state index in [1.165, 1.54) is 7.11 Å². The number of ether oxygens (including phenoxy) is 2. The van der Waals surface area contributed by atoms with E-state index in [0.717, 1.165) is 0 Å². The summed E-state index contributed by atoms with van der Waals surface area (Å²) in [6.45, 7) is 2.82. The van der Waals surface area contributed by atoms with Crippen LogP contribution in [-0.2, 0) is 9.53 Å². The molecular formula is C11H17N3O3. The van der Waals surface area contributed by atoms with Crippen molar-refractivity contribution in [3.05, 3.63) is 12.1 Å². The molecule has 0 aliphatic heterocycles. The average molecular weight is 239 g/mol. The Hall–Kier alpha value is -1.98. The lowest BCUT2D eigenvalue weighted by atomic mass is 10.3. The lowest BCUT2D eigenvalue weighted by Gasteiger charge is -2.09. The van der Waals surface area contributed by atoms with Crippen molar-refractivity contribution >= 4 is 17.5 Å². The zero-order chi connectivity index (χ0) is 12.7. The third-order valence-electron chi connectivity index (χ3n) is 2.03. The Kier molecular flexibility index (Phi) is 5.06. The monoisotopic (exact) mass is 239 g/mol. The van der Waals surface area contributed by atoms with Gasteiger partial charge in [0.2, 0.25) is 5.88 Å². The van der Waals surface area contributed by atoms with Crippen LogP contribution >= 0.6 is 0 Å². The third-order valence-corrected chi connectivity index (χ3v) is 2.03. The van der Waals surface area contributed by atoms with Crippen molar-refractivity contribution in [2.45, 2.75) is 13.3 Å². The Labute approximate surface area is 100 Å².